The molecule has 0 unspecified atom stereocenters. The summed E-state index contributed by atoms with van der Waals surface area (Å²) in [5.41, 5.74) is 7.90. The summed E-state index contributed by atoms with van der Waals surface area (Å²) in [4.78, 5) is 9.28. The second-order valence-electron chi connectivity index (χ2n) is 8.02. The van der Waals surface area contributed by atoms with Crippen LogP contribution in [0.5, 0.6) is 0 Å². The van der Waals surface area contributed by atoms with Crippen LogP contribution in [0.3, 0.4) is 0 Å². The molecule has 0 saturated carbocycles. The molecule has 0 fully saturated rings. The van der Waals surface area contributed by atoms with Gasteiger partial charge in [-0.1, -0.05) is 66.4 Å². The van der Waals surface area contributed by atoms with Crippen molar-refractivity contribution in [3.8, 4) is 28.5 Å². The van der Waals surface area contributed by atoms with E-state index in [-0.39, 0.29) is 0 Å². The van der Waals surface area contributed by atoms with Gasteiger partial charge in [-0.3, -0.25) is 4.98 Å². The molecule has 34 heavy (non-hydrogen) atoms. The summed E-state index contributed by atoms with van der Waals surface area (Å²) in [6.45, 7) is 0. The standard InChI is InChI=1S/C30H19N3S/c31-20-24-11-7-17-32-30(24)23-10-5-8-21(18-23)22-9-6-12-25(19-22)33-26-13-1-3-15-28(26)34-29-16-4-2-14-27(29)33/h1-19H. The molecule has 0 spiro atoms. The van der Waals surface area contributed by atoms with Crippen LogP contribution in [0.1, 0.15) is 5.56 Å². The van der Waals surface area contributed by atoms with Gasteiger partial charge in [0.05, 0.1) is 22.6 Å². The van der Waals surface area contributed by atoms with Gasteiger partial charge in [-0.15, -0.1) is 0 Å². The van der Waals surface area contributed by atoms with Gasteiger partial charge < -0.3 is 4.90 Å². The van der Waals surface area contributed by atoms with Crippen LogP contribution in [0.15, 0.2) is 125 Å². The Morgan fingerprint density at radius 3 is 2.03 bits per heavy atom. The number of para-hydroxylation sites is 2. The SMILES string of the molecule is N#Cc1cccnc1-c1cccc(-c2cccc(N3c4ccccc4Sc4ccccc43)c2)c1. The molecule has 0 atom stereocenters. The van der Waals surface area contributed by atoms with E-state index in [0.29, 0.717) is 11.3 Å². The molecule has 1 aromatic heterocycles. The predicted molar refractivity (Wildman–Crippen MR) is 139 cm³/mol. The fourth-order valence-corrected chi connectivity index (χ4v) is 5.44. The summed E-state index contributed by atoms with van der Waals surface area (Å²) in [7, 11) is 0. The number of rotatable bonds is 3. The van der Waals surface area contributed by atoms with Crippen molar-refractivity contribution in [1.29, 1.82) is 5.26 Å². The van der Waals surface area contributed by atoms with Gasteiger partial charge in [0.15, 0.2) is 0 Å². The monoisotopic (exact) mass is 453 g/mol. The Labute approximate surface area is 203 Å². The van der Waals surface area contributed by atoms with E-state index in [4.69, 9.17) is 0 Å². The first-order valence-corrected chi connectivity index (χ1v) is 11.9. The third kappa shape index (κ3) is 3.53. The third-order valence-electron chi connectivity index (χ3n) is 5.93. The Kier molecular flexibility index (Phi) is 5.10. The molecule has 3 nitrogen and oxygen atoms in total. The minimum Gasteiger partial charge on any atom is -0.308 e. The number of benzene rings is 4. The van der Waals surface area contributed by atoms with Crippen molar-refractivity contribution in [2.24, 2.45) is 0 Å². The minimum atomic E-state index is 0.576. The molecule has 160 valence electrons. The van der Waals surface area contributed by atoms with Gasteiger partial charge in [0.25, 0.3) is 0 Å². The molecule has 0 saturated heterocycles. The zero-order valence-corrected chi connectivity index (χ0v) is 19.0. The average molecular weight is 454 g/mol. The summed E-state index contributed by atoms with van der Waals surface area (Å²) in [6.07, 6.45) is 1.73. The lowest BCUT2D eigenvalue weighted by Gasteiger charge is -2.33. The molecular weight excluding hydrogens is 434 g/mol. The van der Waals surface area contributed by atoms with Crippen molar-refractivity contribution in [3.05, 3.63) is 121 Å². The number of aromatic nitrogens is 1. The van der Waals surface area contributed by atoms with Crippen molar-refractivity contribution in [3.63, 3.8) is 0 Å². The third-order valence-corrected chi connectivity index (χ3v) is 7.06. The van der Waals surface area contributed by atoms with Gasteiger partial charge in [0, 0.05) is 27.2 Å². The molecule has 2 heterocycles. The van der Waals surface area contributed by atoms with Crippen LogP contribution in [-0.4, -0.2) is 4.98 Å². The summed E-state index contributed by atoms with van der Waals surface area (Å²) in [5.74, 6) is 0. The maximum atomic E-state index is 9.51. The van der Waals surface area contributed by atoms with Gasteiger partial charge in [-0.05, 0) is 65.7 Å². The lowest BCUT2D eigenvalue weighted by atomic mass is 9.99. The number of hydrogen-bond acceptors (Lipinski definition) is 4. The van der Waals surface area contributed by atoms with E-state index in [1.165, 1.54) is 21.2 Å². The second-order valence-corrected chi connectivity index (χ2v) is 9.10. The highest BCUT2D eigenvalue weighted by Crippen LogP contribution is 2.51. The molecule has 1 aliphatic heterocycles. The quantitative estimate of drug-likeness (QED) is 0.271. The fraction of sp³-hybridized carbons (Fsp3) is 0. The Morgan fingerprint density at radius 1 is 0.647 bits per heavy atom. The van der Waals surface area contributed by atoms with Crippen LogP contribution < -0.4 is 4.90 Å². The van der Waals surface area contributed by atoms with Crippen LogP contribution in [0, 0.1) is 11.3 Å². The highest BCUT2D eigenvalue weighted by molar-refractivity contribution is 7.99. The number of anilines is 3. The number of nitrogens with zero attached hydrogens (tertiary/aromatic N) is 3. The first-order chi connectivity index (χ1) is 16.8. The van der Waals surface area contributed by atoms with Crippen molar-refractivity contribution in [2.45, 2.75) is 9.79 Å². The smallest absolute Gasteiger partial charge is 0.101 e. The molecule has 1 aliphatic rings. The van der Waals surface area contributed by atoms with Crippen molar-refractivity contribution < 1.29 is 0 Å². The van der Waals surface area contributed by atoms with Gasteiger partial charge in [-0.25, -0.2) is 0 Å². The second kappa shape index (κ2) is 8.55. The lowest BCUT2D eigenvalue weighted by Crippen LogP contribution is -2.14. The van der Waals surface area contributed by atoms with Crippen LogP contribution in [0.4, 0.5) is 17.1 Å². The van der Waals surface area contributed by atoms with E-state index < -0.39 is 0 Å². The average Bonchev–Trinajstić information content (AvgIpc) is 2.91. The van der Waals surface area contributed by atoms with Gasteiger partial charge in [-0.2, -0.15) is 5.26 Å². The van der Waals surface area contributed by atoms with Gasteiger partial charge in [0.1, 0.15) is 6.07 Å². The minimum absolute atomic E-state index is 0.576. The number of fused-ring (bicyclic) bond motifs is 2. The Hall–Kier alpha value is -4.33. The Balaban J connectivity index is 1.46. The zero-order chi connectivity index (χ0) is 22.9. The van der Waals surface area contributed by atoms with Crippen LogP contribution in [0.25, 0.3) is 22.4 Å². The topological polar surface area (TPSA) is 39.9 Å². The summed E-state index contributed by atoms with van der Waals surface area (Å²) < 4.78 is 0. The first kappa shape index (κ1) is 20.3. The Morgan fingerprint density at radius 2 is 1.29 bits per heavy atom. The van der Waals surface area contributed by atoms with E-state index in [2.05, 4.69) is 101 Å². The van der Waals surface area contributed by atoms with Crippen molar-refractivity contribution in [2.75, 3.05) is 4.90 Å². The van der Waals surface area contributed by atoms with E-state index in [9.17, 15) is 5.26 Å². The highest BCUT2D eigenvalue weighted by Gasteiger charge is 2.24. The zero-order valence-electron chi connectivity index (χ0n) is 18.2. The van der Waals surface area contributed by atoms with E-state index in [1.807, 2.05) is 23.9 Å². The van der Waals surface area contributed by atoms with Gasteiger partial charge >= 0.3 is 0 Å². The molecule has 4 aromatic carbocycles. The van der Waals surface area contributed by atoms with Crippen LogP contribution >= 0.6 is 11.8 Å². The number of pyridine rings is 1. The fourth-order valence-electron chi connectivity index (χ4n) is 4.38. The molecule has 6 rings (SSSR count). The summed E-state index contributed by atoms with van der Waals surface area (Å²) >= 11 is 1.81. The van der Waals surface area contributed by atoms with E-state index in [0.717, 1.165) is 22.4 Å². The first-order valence-electron chi connectivity index (χ1n) is 11.0. The van der Waals surface area contributed by atoms with E-state index >= 15 is 0 Å². The molecular formula is C30H19N3S. The largest absolute Gasteiger partial charge is 0.308 e. The molecule has 0 aliphatic carbocycles. The predicted octanol–water partition coefficient (Wildman–Crippen LogP) is 8.22. The lowest BCUT2D eigenvalue weighted by molar-refractivity contribution is 1.17. The van der Waals surface area contributed by atoms with E-state index in [1.54, 1.807) is 18.3 Å². The number of hydrogen-bond donors (Lipinski definition) is 0. The normalized spacial score (nSPS) is 11.9. The molecule has 0 N–H and O–H groups in total. The molecule has 4 heteroatoms. The maximum absolute atomic E-state index is 9.51. The highest BCUT2D eigenvalue weighted by atomic mass is 32.2. The Bertz CT molecular complexity index is 1520. The van der Waals surface area contributed by atoms with Crippen molar-refractivity contribution >= 4 is 28.8 Å². The number of nitriles is 1. The van der Waals surface area contributed by atoms with Gasteiger partial charge in [0.2, 0.25) is 0 Å². The van der Waals surface area contributed by atoms with Crippen LogP contribution in [0.2, 0.25) is 0 Å². The summed E-state index contributed by atoms with van der Waals surface area (Å²) in [6, 6.07) is 39.8. The summed E-state index contributed by atoms with van der Waals surface area (Å²) in [5, 5.41) is 9.51. The molecule has 0 radical (unpaired) electrons. The molecule has 5 aromatic rings. The molecule has 0 bridgehead atoms. The van der Waals surface area contributed by atoms with Crippen LogP contribution in [-0.2, 0) is 0 Å². The van der Waals surface area contributed by atoms with Crippen molar-refractivity contribution in [1.82, 2.24) is 4.98 Å². The molecule has 0 amide bonds. The maximum Gasteiger partial charge on any atom is 0.101 e.